The van der Waals surface area contributed by atoms with Crippen molar-refractivity contribution < 1.29 is 9.84 Å². The van der Waals surface area contributed by atoms with E-state index in [0.29, 0.717) is 6.61 Å². The normalized spacial score (nSPS) is 24.0. The molecule has 0 bridgehead atoms. The molecular formula is C22H37N5O2. The number of guanidine groups is 1. The van der Waals surface area contributed by atoms with Gasteiger partial charge in [-0.3, -0.25) is 9.89 Å². The van der Waals surface area contributed by atoms with Gasteiger partial charge in [-0.1, -0.05) is 24.3 Å². The van der Waals surface area contributed by atoms with Crippen molar-refractivity contribution in [3.63, 3.8) is 0 Å². The monoisotopic (exact) mass is 403 g/mol. The third-order valence-corrected chi connectivity index (χ3v) is 6.17. The molecular weight excluding hydrogens is 366 g/mol. The summed E-state index contributed by atoms with van der Waals surface area (Å²) in [4.78, 5) is 9.25. The molecule has 1 atom stereocenters. The molecule has 0 aliphatic carbocycles. The topological polar surface area (TPSA) is 72.4 Å². The second-order valence-electron chi connectivity index (χ2n) is 8.45. The lowest BCUT2D eigenvalue weighted by Crippen LogP contribution is -2.44. The molecule has 3 N–H and O–H groups in total. The first kappa shape index (κ1) is 22.0. The average Bonchev–Trinajstić information content (AvgIpc) is 3.20. The zero-order valence-corrected chi connectivity index (χ0v) is 18.0. The number of rotatable bonds is 8. The van der Waals surface area contributed by atoms with Crippen LogP contribution >= 0.6 is 0 Å². The van der Waals surface area contributed by atoms with Crippen molar-refractivity contribution in [1.29, 1.82) is 0 Å². The van der Waals surface area contributed by atoms with Crippen molar-refractivity contribution in [2.45, 2.75) is 25.9 Å². The van der Waals surface area contributed by atoms with E-state index in [2.05, 4.69) is 56.7 Å². The highest BCUT2D eigenvalue weighted by Crippen LogP contribution is 2.31. The third-order valence-electron chi connectivity index (χ3n) is 6.17. The van der Waals surface area contributed by atoms with Gasteiger partial charge in [0.2, 0.25) is 0 Å². The van der Waals surface area contributed by atoms with Gasteiger partial charge in [0.15, 0.2) is 5.96 Å². The van der Waals surface area contributed by atoms with Crippen molar-refractivity contribution in [2.24, 2.45) is 10.4 Å². The number of nitrogens with one attached hydrogen (secondary N) is 2. The fourth-order valence-electron chi connectivity index (χ4n) is 4.02. The molecule has 0 aromatic heterocycles. The van der Waals surface area contributed by atoms with E-state index in [1.807, 2.05) is 0 Å². The molecule has 2 heterocycles. The summed E-state index contributed by atoms with van der Waals surface area (Å²) in [7, 11) is 3.98. The SMILES string of the molecule is CN=C(NCc1ccc(CN2CCN(C)CC2)cc1)NCC1(CCO)CCOC1. The average molecular weight is 404 g/mol. The van der Waals surface area contributed by atoms with E-state index in [-0.39, 0.29) is 12.0 Å². The maximum absolute atomic E-state index is 9.37. The van der Waals surface area contributed by atoms with Crippen LogP contribution in [0, 0.1) is 5.41 Å². The van der Waals surface area contributed by atoms with Gasteiger partial charge in [0.05, 0.1) is 6.61 Å². The molecule has 162 valence electrons. The van der Waals surface area contributed by atoms with Gasteiger partial charge >= 0.3 is 0 Å². The molecule has 3 rings (SSSR count). The maximum atomic E-state index is 9.37. The van der Waals surface area contributed by atoms with Gasteiger partial charge in [-0.15, -0.1) is 0 Å². The van der Waals surface area contributed by atoms with Crippen LogP contribution in [-0.4, -0.2) is 87.5 Å². The van der Waals surface area contributed by atoms with Crippen LogP contribution in [0.4, 0.5) is 0 Å². The van der Waals surface area contributed by atoms with E-state index in [9.17, 15) is 5.11 Å². The van der Waals surface area contributed by atoms with Gasteiger partial charge in [-0.25, -0.2) is 0 Å². The van der Waals surface area contributed by atoms with Gasteiger partial charge in [-0.05, 0) is 31.0 Å². The second kappa shape index (κ2) is 10.9. The minimum absolute atomic E-state index is 0.0112. The zero-order valence-electron chi connectivity index (χ0n) is 18.0. The predicted molar refractivity (Wildman–Crippen MR) is 117 cm³/mol. The molecule has 2 aliphatic heterocycles. The van der Waals surface area contributed by atoms with Crippen molar-refractivity contribution in [1.82, 2.24) is 20.4 Å². The number of aliphatic hydroxyl groups excluding tert-OH is 1. The second-order valence-corrected chi connectivity index (χ2v) is 8.45. The Morgan fingerprint density at radius 2 is 1.86 bits per heavy atom. The van der Waals surface area contributed by atoms with E-state index in [1.165, 1.54) is 11.1 Å². The molecule has 0 radical (unpaired) electrons. The maximum Gasteiger partial charge on any atom is 0.191 e. The molecule has 7 heteroatoms. The standard InChI is InChI=1S/C22H37N5O2/c1-23-21(25-17-22(7-13-28)8-14-29-18-22)24-15-19-3-5-20(6-4-19)16-27-11-9-26(2)10-12-27/h3-6,28H,7-18H2,1-2H3,(H2,23,24,25). The minimum Gasteiger partial charge on any atom is -0.396 e. The molecule has 0 amide bonds. The Bertz CT molecular complexity index is 635. The molecule has 0 saturated carbocycles. The number of piperazine rings is 1. The quantitative estimate of drug-likeness (QED) is 0.442. The van der Waals surface area contributed by atoms with Crippen LogP contribution in [0.3, 0.4) is 0 Å². The summed E-state index contributed by atoms with van der Waals surface area (Å²) >= 11 is 0. The Morgan fingerprint density at radius 3 is 2.48 bits per heavy atom. The van der Waals surface area contributed by atoms with E-state index < -0.39 is 0 Å². The summed E-state index contributed by atoms with van der Waals surface area (Å²) in [5.41, 5.74) is 2.62. The number of ether oxygens (including phenoxy) is 1. The predicted octanol–water partition coefficient (Wildman–Crippen LogP) is 0.888. The highest BCUT2D eigenvalue weighted by Gasteiger charge is 2.34. The summed E-state index contributed by atoms with van der Waals surface area (Å²) in [6, 6.07) is 8.86. The summed E-state index contributed by atoms with van der Waals surface area (Å²) in [5, 5.41) is 16.2. The van der Waals surface area contributed by atoms with Gasteiger partial charge in [0, 0.05) is 71.5 Å². The Balaban J connectivity index is 1.43. The number of hydrogen-bond acceptors (Lipinski definition) is 5. The van der Waals surface area contributed by atoms with Crippen molar-refractivity contribution in [2.75, 3.05) is 66.6 Å². The fourth-order valence-corrected chi connectivity index (χ4v) is 4.02. The van der Waals surface area contributed by atoms with Crippen molar-refractivity contribution >= 4 is 5.96 Å². The van der Waals surface area contributed by atoms with Crippen LogP contribution < -0.4 is 10.6 Å². The lowest BCUT2D eigenvalue weighted by Gasteiger charge is -2.32. The highest BCUT2D eigenvalue weighted by atomic mass is 16.5. The van der Waals surface area contributed by atoms with Crippen LogP contribution in [0.2, 0.25) is 0 Å². The molecule has 1 aromatic rings. The number of aliphatic imine (C=N–C) groups is 1. The van der Waals surface area contributed by atoms with Crippen molar-refractivity contribution in [3.05, 3.63) is 35.4 Å². The molecule has 2 saturated heterocycles. The molecule has 1 aromatic carbocycles. The first-order chi connectivity index (χ1) is 14.1. The minimum atomic E-state index is 0.0112. The van der Waals surface area contributed by atoms with E-state index in [1.54, 1.807) is 7.05 Å². The summed E-state index contributed by atoms with van der Waals surface area (Å²) in [6.45, 7) is 8.78. The highest BCUT2D eigenvalue weighted by molar-refractivity contribution is 5.79. The van der Waals surface area contributed by atoms with Gasteiger partial charge in [0.25, 0.3) is 0 Å². The van der Waals surface area contributed by atoms with E-state index in [4.69, 9.17) is 4.74 Å². The molecule has 1 unspecified atom stereocenters. The lowest BCUT2D eigenvalue weighted by atomic mass is 9.84. The van der Waals surface area contributed by atoms with Crippen LogP contribution in [-0.2, 0) is 17.8 Å². The summed E-state index contributed by atoms with van der Waals surface area (Å²) in [6.07, 6.45) is 1.73. The summed E-state index contributed by atoms with van der Waals surface area (Å²) in [5.74, 6) is 0.788. The van der Waals surface area contributed by atoms with Gasteiger partial charge in [-0.2, -0.15) is 0 Å². The number of nitrogens with zero attached hydrogens (tertiary/aromatic N) is 3. The number of hydrogen-bond donors (Lipinski definition) is 3. The fraction of sp³-hybridized carbons (Fsp3) is 0.682. The van der Waals surface area contributed by atoms with Crippen LogP contribution in [0.5, 0.6) is 0 Å². The molecule has 2 aliphatic rings. The van der Waals surface area contributed by atoms with E-state index in [0.717, 1.165) is 71.2 Å². The number of benzene rings is 1. The lowest BCUT2D eigenvalue weighted by molar-refractivity contribution is 0.127. The Morgan fingerprint density at radius 1 is 1.14 bits per heavy atom. The van der Waals surface area contributed by atoms with Gasteiger partial charge in [0.1, 0.15) is 0 Å². The Hall–Kier alpha value is -1.67. The zero-order chi connectivity index (χ0) is 20.5. The third kappa shape index (κ3) is 6.67. The molecule has 7 nitrogen and oxygen atoms in total. The smallest absolute Gasteiger partial charge is 0.191 e. The summed E-state index contributed by atoms with van der Waals surface area (Å²) < 4.78 is 5.56. The first-order valence-electron chi connectivity index (χ1n) is 10.7. The molecule has 29 heavy (non-hydrogen) atoms. The Kier molecular flexibility index (Phi) is 8.29. The molecule has 0 spiro atoms. The van der Waals surface area contributed by atoms with Crippen LogP contribution in [0.25, 0.3) is 0 Å². The van der Waals surface area contributed by atoms with Gasteiger partial charge < -0.3 is 25.4 Å². The molecule has 2 fully saturated rings. The van der Waals surface area contributed by atoms with Crippen molar-refractivity contribution in [3.8, 4) is 0 Å². The Labute approximate surface area is 175 Å². The van der Waals surface area contributed by atoms with Crippen LogP contribution in [0.1, 0.15) is 24.0 Å². The van der Waals surface area contributed by atoms with Crippen LogP contribution in [0.15, 0.2) is 29.3 Å². The first-order valence-corrected chi connectivity index (χ1v) is 10.7. The number of aliphatic hydroxyl groups is 1. The van der Waals surface area contributed by atoms with E-state index >= 15 is 0 Å². The number of likely N-dealkylation sites (N-methyl/N-ethyl adjacent to an activating group) is 1. The largest absolute Gasteiger partial charge is 0.396 e.